The molecule has 0 radical (unpaired) electrons. The number of aromatic nitrogens is 2. The summed E-state index contributed by atoms with van der Waals surface area (Å²) in [6, 6.07) is 0. The predicted molar refractivity (Wildman–Crippen MR) is 111 cm³/mol. The first-order chi connectivity index (χ1) is 12.8. The van der Waals surface area contributed by atoms with Gasteiger partial charge in [0.1, 0.15) is 5.82 Å². The number of allylic oxidation sites excluding steroid dienone is 1. The molecule has 1 aromatic rings. The maximum atomic E-state index is 5.71. The average Bonchev–Trinajstić information content (AvgIpc) is 2.70. The largest absolute Gasteiger partial charge is 0.241 e. The lowest BCUT2D eigenvalue weighted by Crippen LogP contribution is -2.16. The molecule has 2 aliphatic rings. The fourth-order valence-electron chi connectivity index (χ4n) is 4.91. The maximum Gasteiger partial charge on any atom is 0.131 e. The smallest absolute Gasteiger partial charge is 0.131 e. The van der Waals surface area contributed by atoms with Crippen molar-refractivity contribution < 1.29 is 0 Å². The molecule has 3 rings (SSSR count). The van der Waals surface area contributed by atoms with Crippen LogP contribution in [-0.4, -0.2) is 9.97 Å². The SMILES string of the molecule is CCCCCC1CCC(c2cnc(C3CCC(/C=C/Cl)CC3)nc2)CC1. The molecule has 0 spiro atoms. The van der Waals surface area contributed by atoms with Crippen molar-refractivity contribution in [3.05, 3.63) is 35.4 Å². The zero-order chi connectivity index (χ0) is 18.2. The highest BCUT2D eigenvalue weighted by Gasteiger charge is 2.25. The first kappa shape index (κ1) is 19.9. The van der Waals surface area contributed by atoms with Crippen molar-refractivity contribution in [2.45, 2.75) is 95.8 Å². The molecule has 3 heteroatoms. The number of hydrogen-bond acceptors (Lipinski definition) is 2. The minimum atomic E-state index is 0.540. The summed E-state index contributed by atoms with van der Waals surface area (Å²) in [7, 11) is 0. The Morgan fingerprint density at radius 1 is 0.923 bits per heavy atom. The van der Waals surface area contributed by atoms with Crippen molar-refractivity contribution >= 4 is 11.6 Å². The highest BCUT2D eigenvalue weighted by Crippen LogP contribution is 2.38. The maximum absolute atomic E-state index is 5.71. The number of hydrogen-bond donors (Lipinski definition) is 0. The molecule has 0 atom stereocenters. The normalized spacial score (nSPS) is 29.9. The molecule has 0 aromatic carbocycles. The standard InChI is InChI=1S/C23H35ClN2/c1-2-3-4-5-18-6-10-20(11-7-18)22-16-25-23(26-17-22)21-12-8-19(9-13-21)14-15-24/h14-21H,2-13H2,1H3/b15-14+. The molecule has 26 heavy (non-hydrogen) atoms. The lowest BCUT2D eigenvalue weighted by molar-refractivity contribution is 0.302. The Kier molecular flexibility index (Phi) is 7.98. The molecule has 144 valence electrons. The van der Waals surface area contributed by atoms with Gasteiger partial charge < -0.3 is 0 Å². The quantitative estimate of drug-likeness (QED) is 0.466. The topological polar surface area (TPSA) is 25.8 Å². The van der Waals surface area contributed by atoms with Crippen molar-refractivity contribution in [3.8, 4) is 0 Å². The minimum Gasteiger partial charge on any atom is -0.241 e. The Bertz CT molecular complexity index is 538. The van der Waals surface area contributed by atoms with Crippen molar-refractivity contribution in [1.29, 1.82) is 0 Å². The van der Waals surface area contributed by atoms with Crippen molar-refractivity contribution in [1.82, 2.24) is 9.97 Å². The third kappa shape index (κ3) is 5.55. The van der Waals surface area contributed by atoms with Crippen LogP contribution in [0, 0.1) is 11.8 Å². The Morgan fingerprint density at radius 2 is 1.58 bits per heavy atom. The summed E-state index contributed by atoms with van der Waals surface area (Å²) in [6.45, 7) is 2.29. The number of halogens is 1. The molecule has 2 aliphatic carbocycles. The van der Waals surface area contributed by atoms with Crippen LogP contribution in [0.4, 0.5) is 0 Å². The van der Waals surface area contributed by atoms with Gasteiger partial charge in [-0.25, -0.2) is 9.97 Å². The zero-order valence-electron chi connectivity index (χ0n) is 16.4. The van der Waals surface area contributed by atoms with Crippen LogP contribution in [0.3, 0.4) is 0 Å². The number of unbranched alkanes of at least 4 members (excludes halogenated alkanes) is 2. The van der Waals surface area contributed by atoms with Crippen LogP contribution < -0.4 is 0 Å². The van der Waals surface area contributed by atoms with Crippen LogP contribution in [0.15, 0.2) is 24.0 Å². The molecule has 2 fully saturated rings. The molecule has 0 bridgehead atoms. The third-order valence-corrected chi connectivity index (χ3v) is 6.85. The Morgan fingerprint density at radius 3 is 2.19 bits per heavy atom. The zero-order valence-corrected chi connectivity index (χ0v) is 17.1. The molecule has 2 saturated carbocycles. The van der Waals surface area contributed by atoms with Gasteiger partial charge >= 0.3 is 0 Å². The average molecular weight is 375 g/mol. The Hall–Kier alpha value is -0.890. The molecule has 0 amide bonds. The van der Waals surface area contributed by atoms with E-state index < -0.39 is 0 Å². The fraction of sp³-hybridized carbons (Fsp3) is 0.739. The third-order valence-electron chi connectivity index (χ3n) is 6.71. The van der Waals surface area contributed by atoms with E-state index >= 15 is 0 Å². The van der Waals surface area contributed by atoms with Gasteiger partial charge in [0.15, 0.2) is 0 Å². The van der Waals surface area contributed by atoms with Gasteiger partial charge in [-0.2, -0.15) is 0 Å². The fourth-order valence-corrected chi connectivity index (χ4v) is 5.12. The van der Waals surface area contributed by atoms with E-state index in [1.807, 2.05) is 0 Å². The van der Waals surface area contributed by atoms with Gasteiger partial charge in [-0.05, 0) is 74.7 Å². The van der Waals surface area contributed by atoms with Gasteiger partial charge in [0.2, 0.25) is 0 Å². The van der Waals surface area contributed by atoms with Crippen molar-refractivity contribution in [2.75, 3.05) is 0 Å². The first-order valence-electron chi connectivity index (χ1n) is 10.9. The van der Waals surface area contributed by atoms with E-state index in [0.717, 1.165) is 11.7 Å². The van der Waals surface area contributed by atoms with Gasteiger partial charge in [0.25, 0.3) is 0 Å². The lowest BCUT2D eigenvalue weighted by atomic mass is 9.77. The number of rotatable bonds is 7. The summed E-state index contributed by atoms with van der Waals surface area (Å²) in [6.07, 6.45) is 22.3. The summed E-state index contributed by atoms with van der Waals surface area (Å²) >= 11 is 5.71. The summed E-state index contributed by atoms with van der Waals surface area (Å²) in [5.41, 5.74) is 3.05. The van der Waals surface area contributed by atoms with Gasteiger partial charge in [0.05, 0.1) is 0 Å². The second kappa shape index (κ2) is 10.4. The first-order valence-corrected chi connectivity index (χ1v) is 11.3. The molecule has 1 aromatic heterocycles. The van der Waals surface area contributed by atoms with Crippen molar-refractivity contribution in [2.24, 2.45) is 11.8 Å². The van der Waals surface area contributed by atoms with E-state index in [-0.39, 0.29) is 0 Å². The van der Waals surface area contributed by atoms with Gasteiger partial charge in [0, 0.05) is 23.8 Å². The molecule has 2 nitrogen and oxygen atoms in total. The summed E-state index contributed by atoms with van der Waals surface area (Å²) in [5, 5.41) is 0. The molecular formula is C23H35ClN2. The van der Waals surface area contributed by atoms with Crippen LogP contribution in [-0.2, 0) is 0 Å². The summed E-state index contributed by atoms with van der Waals surface area (Å²) in [5.74, 6) is 3.91. The van der Waals surface area contributed by atoms with E-state index in [1.165, 1.54) is 82.6 Å². The van der Waals surface area contributed by atoms with Gasteiger partial charge in [-0.15, -0.1) is 0 Å². The highest BCUT2D eigenvalue weighted by molar-refractivity contribution is 6.25. The Balaban J connectivity index is 1.46. The van der Waals surface area contributed by atoms with E-state index in [1.54, 1.807) is 5.54 Å². The van der Waals surface area contributed by atoms with E-state index in [4.69, 9.17) is 21.6 Å². The van der Waals surface area contributed by atoms with Crippen LogP contribution in [0.5, 0.6) is 0 Å². The van der Waals surface area contributed by atoms with Crippen LogP contribution in [0.25, 0.3) is 0 Å². The van der Waals surface area contributed by atoms with Crippen LogP contribution >= 0.6 is 11.6 Å². The van der Waals surface area contributed by atoms with Gasteiger partial charge in [-0.1, -0.05) is 50.3 Å². The highest BCUT2D eigenvalue weighted by atomic mass is 35.5. The summed E-state index contributed by atoms with van der Waals surface area (Å²) in [4.78, 5) is 9.55. The minimum absolute atomic E-state index is 0.540. The van der Waals surface area contributed by atoms with E-state index in [0.29, 0.717) is 17.8 Å². The monoisotopic (exact) mass is 374 g/mol. The van der Waals surface area contributed by atoms with Gasteiger partial charge in [-0.3, -0.25) is 0 Å². The Labute approximate surface area is 164 Å². The summed E-state index contributed by atoms with van der Waals surface area (Å²) < 4.78 is 0. The molecule has 0 aliphatic heterocycles. The molecule has 0 saturated heterocycles. The van der Waals surface area contributed by atoms with Crippen LogP contribution in [0.1, 0.15) is 107 Å². The van der Waals surface area contributed by atoms with Crippen molar-refractivity contribution in [3.63, 3.8) is 0 Å². The van der Waals surface area contributed by atoms with E-state index in [9.17, 15) is 0 Å². The predicted octanol–water partition coefficient (Wildman–Crippen LogP) is 7.36. The second-order valence-electron chi connectivity index (χ2n) is 8.52. The molecular weight excluding hydrogens is 340 g/mol. The lowest BCUT2D eigenvalue weighted by Gasteiger charge is -2.29. The second-order valence-corrected chi connectivity index (χ2v) is 8.77. The molecule has 0 unspecified atom stereocenters. The van der Waals surface area contributed by atoms with Crippen LogP contribution in [0.2, 0.25) is 0 Å². The molecule has 0 N–H and O–H groups in total. The molecule has 1 heterocycles. The van der Waals surface area contributed by atoms with E-state index in [2.05, 4.69) is 25.4 Å². The number of nitrogens with zero attached hydrogens (tertiary/aromatic N) is 2.